The minimum absolute atomic E-state index is 0.0915. The SMILES string of the molecule is COCCCCC(C)C(O)/C=C/[C@@H]1[C@@H](C/C=C\CCCC(=O)O)[C@@H](O)C[C@H]1O. The molecular weight excluding hydrogens is 360 g/mol. The van der Waals surface area contributed by atoms with Crippen molar-refractivity contribution in [3.8, 4) is 0 Å². The lowest BCUT2D eigenvalue weighted by Gasteiger charge is -2.21. The fraction of sp³-hybridized carbons (Fsp3) is 0.773. The number of carboxylic acid groups (broad SMARTS) is 1. The van der Waals surface area contributed by atoms with E-state index in [1.165, 1.54) is 0 Å². The third-order valence-electron chi connectivity index (χ3n) is 5.62. The van der Waals surface area contributed by atoms with Crippen LogP contribution in [0.5, 0.6) is 0 Å². The molecule has 162 valence electrons. The smallest absolute Gasteiger partial charge is 0.303 e. The Morgan fingerprint density at radius 2 is 1.93 bits per heavy atom. The van der Waals surface area contributed by atoms with Gasteiger partial charge in [-0.05, 0) is 43.9 Å². The lowest BCUT2D eigenvalue weighted by molar-refractivity contribution is -0.137. The molecule has 6 nitrogen and oxygen atoms in total. The summed E-state index contributed by atoms with van der Waals surface area (Å²) in [4.78, 5) is 10.5. The topological polar surface area (TPSA) is 107 Å². The number of rotatable bonds is 14. The molecule has 2 unspecified atom stereocenters. The Morgan fingerprint density at radius 1 is 1.18 bits per heavy atom. The van der Waals surface area contributed by atoms with Crippen LogP contribution >= 0.6 is 0 Å². The molecule has 1 fully saturated rings. The minimum atomic E-state index is -0.792. The van der Waals surface area contributed by atoms with Crippen LogP contribution in [0.2, 0.25) is 0 Å². The number of allylic oxidation sites excluding steroid dienone is 2. The van der Waals surface area contributed by atoms with Crippen molar-refractivity contribution in [3.05, 3.63) is 24.3 Å². The summed E-state index contributed by atoms with van der Waals surface area (Å²) in [6.45, 7) is 2.75. The standard InChI is InChI=1S/C22H38O6/c1-16(9-7-8-14-28-2)19(23)13-12-18-17(20(24)15-21(18)25)10-5-3-4-6-11-22(26)27/h3,5,12-13,16-21,23-25H,4,6-11,14-15H2,1-2H3,(H,26,27)/b5-3-,13-12+/t16?,17-,18-,19?,20+,21-/m1/s1. The highest BCUT2D eigenvalue weighted by Gasteiger charge is 2.39. The van der Waals surface area contributed by atoms with Crippen LogP contribution in [0.4, 0.5) is 0 Å². The lowest BCUT2D eigenvalue weighted by atomic mass is 9.88. The monoisotopic (exact) mass is 398 g/mol. The van der Waals surface area contributed by atoms with E-state index in [0.717, 1.165) is 25.9 Å². The zero-order valence-electron chi connectivity index (χ0n) is 17.2. The van der Waals surface area contributed by atoms with Crippen LogP contribution in [-0.4, -0.2) is 58.4 Å². The summed E-state index contributed by atoms with van der Waals surface area (Å²) < 4.78 is 5.04. The van der Waals surface area contributed by atoms with Crippen LogP contribution in [0, 0.1) is 17.8 Å². The molecule has 0 aliphatic heterocycles. The van der Waals surface area contributed by atoms with Gasteiger partial charge in [-0.2, -0.15) is 0 Å². The highest BCUT2D eigenvalue weighted by molar-refractivity contribution is 5.66. The van der Waals surface area contributed by atoms with Gasteiger partial charge in [0, 0.05) is 32.5 Å². The van der Waals surface area contributed by atoms with Gasteiger partial charge in [0.25, 0.3) is 0 Å². The first kappa shape index (κ1) is 24.8. The molecule has 6 atom stereocenters. The largest absolute Gasteiger partial charge is 0.481 e. The predicted molar refractivity (Wildman–Crippen MR) is 109 cm³/mol. The summed E-state index contributed by atoms with van der Waals surface area (Å²) in [6, 6.07) is 0. The Hall–Kier alpha value is -1.21. The highest BCUT2D eigenvalue weighted by atomic mass is 16.5. The minimum Gasteiger partial charge on any atom is -0.481 e. The summed E-state index contributed by atoms with van der Waals surface area (Å²) in [6.07, 6.45) is 11.1. The molecule has 0 aromatic rings. The summed E-state index contributed by atoms with van der Waals surface area (Å²) in [5.41, 5.74) is 0. The van der Waals surface area contributed by atoms with Crippen LogP contribution < -0.4 is 0 Å². The van der Waals surface area contributed by atoms with Crippen molar-refractivity contribution in [1.82, 2.24) is 0 Å². The Balaban J connectivity index is 2.49. The van der Waals surface area contributed by atoms with Crippen LogP contribution in [-0.2, 0) is 9.53 Å². The second-order valence-corrected chi connectivity index (χ2v) is 7.95. The van der Waals surface area contributed by atoms with E-state index in [9.17, 15) is 20.1 Å². The molecule has 1 rings (SSSR count). The number of aliphatic hydroxyl groups is 3. The molecule has 0 amide bonds. The normalized spacial score (nSPS) is 27.6. The van der Waals surface area contributed by atoms with Crippen molar-refractivity contribution in [3.63, 3.8) is 0 Å². The summed E-state index contributed by atoms with van der Waals surface area (Å²) >= 11 is 0. The van der Waals surface area contributed by atoms with Crippen molar-refractivity contribution >= 4 is 5.97 Å². The van der Waals surface area contributed by atoms with Gasteiger partial charge in [-0.15, -0.1) is 0 Å². The van der Waals surface area contributed by atoms with Crippen molar-refractivity contribution in [2.45, 2.75) is 76.6 Å². The molecule has 0 saturated heterocycles. The van der Waals surface area contributed by atoms with Gasteiger partial charge in [-0.1, -0.05) is 37.6 Å². The average molecular weight is 399 g/mol. The number of carboxylic acids is 1. The second kappa shape index (κ2) is 13.9. The van der Waals surface area contributed by atoms with Crippen LogP contribution in [0.25, 0.3) is 0 Å². The number of ether oxygens (including phenoxy) is 1. The zero-order chi connectivity index (χ0) is 20.9. The summed E-state index contributed by atoms with van der Waals surface area (Å²) in [5, 5.41) is 39.6. The van der Waals surface area contributed by atoms with E-state index in [0.29, 0.717) is 25.7 Å². The molecule has 4 N–H and O–H groups in total. The maximum atomic E-state index is 10.5. The molecule has 6 heteroatoms. The Morgan fingerprint density at radius 3 is 2.61 bits per heavy atom. The molecule has 1 aliphatic rings. The van der Waals surface area contributed by atoms with Gasteiger partial charge in [0.2, 0.25) is 0 Å². The summed E-state index contributed by atoms with van der Waals surface area (Å²) in [7, 11) is 1.68. The number of hydrogen-bond donors (Lipinski definition) is 4. The maximum Gasteiger partial charge on any atom is 0.303 e. The van der Waals surface area contributed by atoms with Crippen LogP contribution in [0.1, 0.15) is 58.3 Å². The van der Waals surface area contributed by atoms with E-state index in [1.807, 2.05) is 25.2 Å². The zero-order valence-corrected chi connectivity index (χ0v) is 17.2. The number of carbonyl (C=O) groups is 1. The van der Waals surface area contributed by atoms with Crippen molar-refractivity contribution < 1.29 is 30.0 Å². The Labute approximate surface area is 168 Å². The molecule has 0 radical (unpaired) electrons. The molecule has 1 saturated carbocycles. The first-order chi connectivity index (χ1) is 13.4. The fourth-order valence-corrected chi connectivity index (χ4v) is 3.76. The number of hydrogen-bond acceptors (Lipinski definition) is 5. The van der Waals surface area contributed by atoms with E-state index >= 15 is 0 Å². The van der Waals surface area contributed by atoms with Gasteiger partial charge in [-0.3, -0.25) is 4.79 Å². The predicted octanol–water partition coefficient (Wildman–Crippen LogP) is 2.92. The van der Waals surface area contributed by atoms with Crippen molar-refractivity contribution in [1.29, 1.82) is 0 Å². The molecule has 0 bridgehead atoms. The molecular formula is C22H38O6. The molecule has 0 heterocycles. The first-order valence-electron chi connectivity index (χ1n) is 10.4. The van der Waals surface area contributed by atoms with Gasteiger partial charge in [-0.25, -0.2) is 0 Å². The van der Waals surface area contributed by atoms with E-state index in [2.05, 4.69) is 0 Å². The highest BCUT2D eigenvalue weighted by Crippen LogP contribution is 2.36. The quantitative estimate of drug-likeness (QED) is 0.265. The molecule has 1 aliphatic carbocycles. The average Bonchev–Trinajstić information content (AvgIpc) is 2.91. The van der Waals surface area contributed by atoms with E-state index in [-0.39, 0.29) is 24.2 Å². The number of methoxy groups -OCH3 is 1. The first-order valence-corrected chi connectivity index (χ1v) is 10.4. The van der Waals surface area contributed by atoms with Crippen molar-refractivity contribution in [2.75, 3.05) is 13.7 Å². The number of aliphatic hydroxyl groups excluding tert-OH is 3. The summed E-state index contributed by atoms with van der Waals surface area (Å²) in [5.74, 6) is -0.941. The molecule has 28 heavy (non-hydrogen) atoms. The van der Waals surface area contributed by atoms with E-state index in [1.54, 1.807) is 13.2 Å². The van der Waals surface area contributed by atoms with Gasteiger partial charge >= 0.3 is 5.97 Å². The van der Waals surface area contributed by atoms with Gasteiger partial charge < -0.3 is 25.2 Å². The fourth-order valence-electron chi connectivity index (χ4n) is 3.76. The second-order valence-electron chi connectivity index (χ2n) is 7.95. The van der Waals surface area contributed by atoms with Gasteiger partial charge in [0.1, 0.15) is 0 Å². The van der Waals surface area contributed by atoms with Gasteiger partial charge in [0.15, 0.2) is 0 Å². The molecule has 0 aromatic heterocycles. The number of unbranched alkanes of at least 4 members (excludes halogenated alkanes) is 2. The van der Waals surface area contributed by atoms with E-state index < -0.39 is 24.3 Å². The number of aliphatic carboxylic acids is 1. The van der Waals surface area contributed by atoms with Crippen LogP contribution in [0.3, 0.4) is 0 Å². The maximum absolute atomic E-state index is 10.5. The Kier molecular flexibility index (Phi) is 12.3. The third kappa shape index (κ3) is 9.32. The van der Waals surface area contributed by atoms with Crippen LogP contribution in [0.15, 0.2) is 24.3 Å². The van der Waals surface area contributed by atoms with E-state index in [4.69, 9.17) is 9.84 Å². The Bertz CT molecular complexity index is 489. The lowest BCUT2D eigenvalue weighted by Crippen LogP contribution is -2.21. The molecule has 0 spiro atoms. The third-order valence-corrected chi connectivity index (χ3v) is 5.62. The van der Waals surface area contributed by atoms with Crippen molar-refractivity contribution in [2.24, 2.45) is 17.8 Å². The van der Waals surface area contributed by atoms with Gasteiger partial charge in [0.05, 0.1) is 18.3 Å². The molecule has 0 aromatic carbocycles.